The molecule has 1 aromatic carbocycles. The first-order chi connectivity index (χ1) is 12.7. The molecule has 2 aromatic rings. The minimum Gasteiger partial charge on any atom is -0.394 e. The monoisotopic (exact) mass is 382 g/mol. The van der Waals surface area contributed by atoms with Crippen LogP contribution < -0.4 is 10.6 Å². The van der Waals surface area contributed by atoms with Crippen LogP contribution in [0.5, 0.6) is 0 Å². The van der Waals surface area contributed by atoms with Gasteiger partial charge in [0, 0.05) is 11.8 Å². The molecule has 5 nitrogen and oxygen atoms in total. The zero-order valence-electron chi connectivity index (χ0n) is 15.9. The summed E-state index contributed by atoms with van der Waals surface area (Å²) < 4.78 is 39.9. The van der Waals surface area contributed by atoms with Crippen LogP contribution in [0.25, 0.3) is 0 Å². The minimum atomic E-state index is -4.61. The van der Waals surface area contributed by atoms with Crippen molar-refractivity contribution in [1.82, 2.24) is 9.97 Å². The molecule has 1 heterocycles. The summed E-state index contributed by atoms with van der Waals surface area (Å²) in [6.45, 7) is 7.32. The van der Waals surface area contributed by atoms with Crippen LogP contribution in [0, 0.1) is 12.8 Å². The highest BCUT2D eigenvalue weighted by Gasteiger charge is 2.34. The van der Waals surface area contributed by atoms with Crippen LogP contribution in [0.15, 0.2) is 24.3 Å². The Balaban J connectivity index is 2.45. The van der Waals surface area contributed by atoms with Crippen molar-refractivity contribution in [2.75, 3.05) is 17.2 Å². The largest absolute Gasteiger partial charge is 0.433 e. The van der Waals surface area contributed by atoms with E-state index in [9.17, 15) is 18.3 Å². The van der Waals surface area contributed by atoms with Crippen molar-refractivity contribution in [1.29, 1.82) is 0 Å². The Kier molecular flexibility index (Phi) is 6.64. The average Bonchev–Trinajstić information content (AvgIpc) is 2.60. The lowest BCUT2D eigenvalue weighted by molar-refractivity contribution is -0.141. The number of benzene rings is 1. The van der Waals surface area contributed by atoms with Crippen molar-refractivity contribution in [2.45, 2.75) is 46.3 Å². The zero-order chi connectivity index (χ0) is 20.2. The van der Waals surface area contributed by atoms with Crippen LogP contribution in [0.1, 0.15) is 37.6 Å². The van der Waals surface area contributed by atoms with Crippen LogP contribution in [-0.4, -0.2) is 27.7 Å². The molecule has 0 unspecified atom stereocenters. The van der Waals surface area contributed by atoms with Gasteiger partial charge in [-0.2, -0.15) is 18.2 Å². The van der Waals surface area contributed by atoms with Crippen molar-refractivity contribution in [3.8, 4) is 0 Å². The van der Waals surface area contributed by atoms with Crippen LogP contribution in [0.4, 0.5) is 30.6 Å². The third-order valence-corrected chi connectivity index (χ3v) is 4.33. The second-order valence-electron chi connectivity index (χ2n) is 6.72. The lowest BCUT2D eigenvalue weighted by Crippen LogP contribution is -2.30. The summed E-state index contributed by atoms with van der Waals surface area (Å²) in [5, 5.41) is 15.2. The first kappa shape index (κ1) is 21.0. The summed E-state index contributed by atoms with van der Waals surface area (Å²) in [5.41, 5.74) is 1.58. The van der Waals surface area contributed by atoms with Gasteiger partial charge in [0.25, 0.3) is 0 Å². The Hall–Kier alpha value is -2.35. The number of nitrogens with zero attached hydrogens (tertiary/aromatic N) is 2. The van der Waals surface area contributed by atoms with Crippen LogP contribution in [0.2, 0.25) is 0 Å². The van der Waals surface area contributed by atoms with Crippen molar-refractivity contribution in [2.24, 2.45) is 5.92 Å². The van der Waals surface area contributed by atoms with Gasteiger partial charge in [-0.25, -0.2) is 4.98 Å². The number of aliphatic hydroxyl groups is 1. The number of nitrogens with one attached hydrogen (secondary N) is 2. The molecular weight excluding hydrogens is 357 g/mol. The maximum Gasteiger partial charge on any atom is 0.433 e. The normalized spacial score (nSPS) is 12.9. The maximum atomic E-state index is 13.3. The number of alkyl halides is 3. The molecule has 27 heavy (non-hydrogen) atoms. The highest BCUT2D eigenvalue weighted by Crippen LogP contribution is 2.32. The van der Waals surface area contributed by atoms with Gasteiger partial charge in [0.05, 0.1) is 12.6 Å². The number of hydrogen-bond acceptors (Lipinski definition) is 5. The van der Waals surface area contributed by atoms with Crippen molar-refractivity contribution in [3.05, 3.63) is 41.1 Å². The van der Waals surface area contributed by atoms with Gasteiger partial charge in [0.1, 0.15) is 5.82 Å². The molecule has 2 rings (SSSR count). The van der Waals surface area contributed by atoms with Crippen molar-refractivity contribution >= 4 is 17.5 Å². The highest BCUT2D eigenvalue weighted by atomic mass is 19.4. The Bertz CT molecular complexity index is 778. The van der Waals surface area contributed by atoms with E-state index in [1.807, 2.05) is 45.9 Å². The fourth-order valence-corrected chi connectivity index (χ4v) is 2.64. The van der Waals surface area contributed by atoms with Gasteiger partial charge < -0.3 is 15.7 Å². The van der Waals surface area contributed by atoms with Crippen LogP contribution in [0.3, 0.4) is 0 Å². The topological polar surface area (TPSA) is 70.1 Å². The minimum absolute atomic E-state index is 0.00684. The molecule has 0 spiro atoms. The highest BCUT2D eigenvalue weighted by molar-refractivity contribution is 5.65. The summed E-state index contributed by atoms with van der Waals surface area (Å²) >= 11 is 0. The molecule has 0 amide bonds. The Morgan fingerprint density at radius 1 is 1.19 bits per heavy atom. The first-order valence-electron chi connectivity index (χ1n) is 8.84. The fraction of sp³-hybridized carbons (Fsp3) is 0.474. The number of anilines is 3. The number of rotatable bonds is 7. The van der Waals surface area contributed by atoms with E-state index in [2.05, 4.69) is 20.6 Å². The van der Waals surface area contributed by atoms with Crippen molar-refractivity contribution < 1.29 is 18.3 Å². The molecule has 0 saturated carbocycles. The van der Waals surface area contributed by atoms with Gasteiger partial charge in [-0.1, -0.05) is 39.0 Å². The van der Waals surface area contributed by atoms with Gasteiger partial charge in [0.15, 0.2) is 5.69 Å². The van der Waals surface area contributed by atoms with E-state index < -0.39 is 17.9 Å². The van der Waals surface area contributed by atoms with E-state index in [4.69, 9.17) is 0 Å². The van der Waals surface area contributed by atoms with Gasteiger partial charge in [-0.15, -0.1) is 0 Å². The zero-order valence-corrected chi connectivity index (χ0v) is 15.9. The van der Waals surface area contributed by atoms with Gasteiger partial charge >= 0.3 is 6.18 Å². The van der Waals surface area contributed by atoms with Crippen LogP contribution >= 0.6 is 0 Å². The smallest absolute Gasteiger partial charge is 0.394 e. The molecule has 148 valence electrons. The molecule has 0 aliphatic carbocycles. The summed E-state index contributed by atoms with van der Waals surface area (Å²) in [6, 6.07) is 6.14. The number of aryl methyl sites for hydroxylation is 2. The molecule has 1 atom stereocenters. The van der Waals surface area contributed by atoms with Crippen molar-refractivity contribution in [3.63, 3.8) is 0 Å². The SMILES string of the molecule is CCc1cccc(C)c1Nc1cc(C(F)(F)F)nc(N[C@@H](CO)C(C)C)n1. The lowest BCUT2D eigenvalue weighted by atomic mass is 10.1. The van der Waals surface area contributed by atoms with Gasteiger partial charge in [-0.3, -0.25) is 0 Å². The molecule has 0 bridgehead atoms. The Labute approximate surface area is 157 Å². The predicted octanol–water partition coefficient (Wildman–Crippen LogP) is 4.54. The van der Waals surface area contributed by atoms with Crippen LogP contribution in [-0.2, 0) is 12.6 Å². The molecule has 0 radical (unpaired) electrons. The first-order valence-corrected chi connectivity index (χ1v) is 8.84. The molecule has 0 aliphatic heterocycles. The van der Waals surface area contributed by atoms with E-state index in [0.717, 1.165) is 29.3 Å². The van der Waals surface area contributed by atoms with Gasteiger partial charge in [-0.05, 0) is 30.4 Å². The molecule has 1 aromatic heterocycles. The molecule has 3 N–H and O–H groups in total. The second kappa shape index (κ2) is 8.56. The second-order valence-corrected chi connectivity index (χ2v) is 6.72. The Morgan fingerprint density at radius 3 is 2.44 bits per heavy atom. The van der Waals surface area contributed by atoms with E-state index in [1.165, 1.54) is 0 Å². The number of aromatic nitrogens is 2. The molecule has 0 saturated heterocycles. The fourth-order valence-electron chi connectivity index (χ4n) is 2.64. The van der Waals surface area contributed by atoms with Gasteiger partial charge in [0.2, 0.25) is 5.95 Å². The summed E-state index contributed by atoms with van der Waals surface area (Å²) in [6.07, 6.45) is -3.88. The number of hydrogen-bond donors (Lipinski definition) is 3. The molecule has 0 fully saturated rings. The number of para-hydroxylation sites is 1. The summed E-state index contributed by atoms with van der Waals surface area (Å²) in [4.78, 5) is 7.77. The third-order valence-electron chi connectivity index (χ3n) is 4.33. The number of aliphatic hydroxyl groups excluding tert-OH is 1. The standard InChI is InChI=1S/C19H25F3N4O/c1-5-13-8-6-7-12(4)17(13)25-16-9-15(19(20,21)22)24-18(26-16)23-14(10-27)11(2)3/h6-9,11,14,27H,5,10H2,1-4H3,(H2,23,24,25,26)/t14-/m0/s1. The molecule has 0 aliphatic rings. The maximum absolute atomic E-state index is 13.3. The lowest BCUT2D eigenvalue weighted by Gasteiger charge is -2.21. The molecule has 8 heteroatoms. The average molecular weight is 382 g/mol. The summed E-state index contributed by atoms with van der Waals surface area (Å²) in [7, 11) is 0. The summed E-state index contributed by atoms with van der Waals surface area (Å²) in [5.74, 6) is -0.136. The quantitative estimate of drug-likeness (QED) is 0.656. The van der Waals surface area contributed by atoms with E-state index in [0.29, 0.717) is 0 Å². The predicted molar refractivity (Wildman–Crippen MR) is 100 cm³/mol. The number of halogens is 3. The Morgan fingerprint density at radius 2 is 1.89 bits per heavy atom. The van der Waals surface area contributed by atoms with E-state index in [-0.39, 0.29) is 24.3 Å². The molecular formula is C19H25F3N4O. The third kappa shape index (κ3) is 5.32. The van der Waals surface area contributed by atoms with E-state index >= 15 is 0 Å². The van der Waals surface area contributed by atoms with E-state index in [1.54, 1.807) is 0 Å².